The Morgan fingerprint density at radius 2 is 1.88 bits per heavy atom. The van der Waals surface area contributed by atoms with Crippen LogP contribution in [-0.4, -0.2) is 21.3 Å². The number of hydrogen-bond acceptors (Lipinski definition) is 4. The molecule has 7 heteroatoms. The number of anilines is 1. The van der Waals surface area contributed by atoms with Crippen molar-refractivity contribution in [3.63, 3.8) is 0 Å². The number of hydrogen-bond donors (Lipinski definition) is 1. The summed E-state index contributed by atoms with van der Waals surface area (Å²) >= 11 is 0. The van der Waals surface area contributed by atoms with Crippen LogP contribution in [0.1, 0.15) is 23.2 Å². The van der Waals surface area contributed by atoms with Crippen LogP contribution in [0.25, 0.3) is 10.9 Å². The Kier molecular flexibility index (Phi) is 4.79. The maximum Gasteiger partial charge on any atom is 0.271 e. The molecule has 3 aromatic rings. The van der Waals surface area contributed by atoms with E-state index in [1.54, 1.807) is 19.2 Å². The molecule has 0 saturated carbocycles. The molecule has 0 saturated heterocycles. The molecule has 0 aliphatic carbocycles. The van der Waals surface area contributed by atoms with Gasteiger partial charge in [0.2, 0.25) is 11.8 Å². The molecule has 7 nitrogen and oxygen atoms in total. The number of non-ortho nitro benzene ring substituents is 1. The SMILES string of the molecule is Cc1ccc([N+](=O)[O-])cc1NC(=O)CCC(=O)n1ccc2ccccc21. The summed E-state index contributed by atoms with van der Waals surface area (Å²) in [5.41, 5.74) is 1.79. The van der Waals surface area contributed by atoms with Crippen molar-refractivity contribution in [1.29, 1.82) is 0 Å². The molecule has 0 radical (unpaired) electrons. The third kappa shape index (κ3) is 3.61. The number of nitrogens with one attached hydrogen (secondary N) is 1. The summed E-state index contributed by atoms with van der Waals surface area (Å²) < 4.78 is 1.53. The van der Waals surface area contributed by atoms with Gasteiger partial charge in [-0.3, -0.25) is 24.3 Å². The maximum absolute atomic E-state index is 12.4. The maximum atomic E-state index is 12.4. The van der Waals surface area contributed by atoms with Gasteiger partial charge in [0, 0.05) is 36.6 Å². The first-order valence-corrected chi connectivity index (χ1v) is 8.10. The molecule has 1 amide bonds. The second kappa shape index (κ2) is 7.18. The Balaban J connectivity index is 1.65. The van der Waals surface area contributed by atoms with Gasteiger partial charge < -0.3 is 5.32 Å². The van der Waals surface area contributed by atoms with Crippen LogP contribution in [0.2, 0.25) is 0 Å². The summed E-state index contributed by atoms with van der Waals surface area (Å²) in [5, 5.41) is 14.4. The van der Waals surface area contributed by atoms with E-state index in [0.717, 1.165) is 10.9 Å². The molecule has 0 unspecified atom stereocenters. The molecule has 26 heavy (non-hydrogen) atoms. The second-order valence-electron chi connectivity index (χ2n) is 5.94. The normalized spacial score (nSPS) is 10.7. The number of amides is 1. The third-order valence-corrected chi connectivity index (χ3v) is 4.14. The molecule has 0 aliphatic rings. The van der Waals surface area contributed by atoms with Gasteiger partial charge in [-0.2, -0.15) is 0 Å². The van der Waals surface area contributed by atoms with E-state index >= 15 is 0 Å². The van der Waals surface area contributed by atoms with E-state index < -0.39 is 4.92 Å². The van der Waals surface area contributed by atoms with Crippen LogP contribution in [0.15, 0.2) is 54.7 Å². The smallest absolute Gasteiger partial charge is 0.271 e. The first-order chi connectivity index (χ1) is 12.5. The number of carbonyl (C=O) groups excluding carboxylic acids is 2. The minimum Gasteiger partial charge on any atom is -0.326 e. The molecule has 1 N–H and O–H groups in total. The molecule has 3 rings (SSSR count). The zero-order valence-electron chi connectivity index (χ0n) is 14.1. The Morgan fingerprint density at radius 3 is 2.65 bits per heavy atom. The highest BCUT2D eigenvalue weighted by atomic mass is 16.6. The quantitative estimate of drug-likeness (QED) is 0.557. The Hall–Kier alpha value is -3.48. The zero-order chi connectivity index (χ0) is 18.7. The fourth-order valence-corrected chi connectivity index (χ4v) is 2.71. The van der Waals surface area contributed by atoms with Crippen LogP contribution < -0.4 is 5.32 Å². The minimum atomic E-state index is -0.518. The number of para-hydroxylation sites is 1. The topological polar surface area (TPSA) is 94.2 Å². The molecule has 0 fully saturated rings. The summed E-state index contributed by atoms with van der Waals surface area (Å²) in [6, 6.07) is 13.6. The van der Waals surface area contributed by atoms with Crippen molar-refractivity contribution in [3.05, 3.63) is 70.4 Å². The van der Waals surface area contributed by atoms with Crippen LogP contribution in [0.5, 0.6) is 0 Å². The van der Waals surface area contributed by atoms with Gasteiger partial charge in [0.15, 0.2) is 0 Å². The van der Waals surface area contributed by atoms with Gasteiger partial charge in [-0.05, 0) is 24.6 Å². The Morgan fingerprint density at radius 1 is 1.12 bits per heavy atom. The number of benzene rings is 2. The summed E-state index contributed by atoms with van der Waals surface area (Å²) in [6.45, 7) is 1.75. The molecular formula is C19H17N3O4. The predicted octanol–water partition coefficient (Wildman–Crippen LogP) is 3.92. The molecule has 0 atom stereocenters. The summed E-state index contributed by atoms with van der Waals surface area (Å²) in [7, 11) is 0. The van der Waals surface area contributed by atoms with Crippen molar-refractivity contribution in [2.24, 2.45) is 0 Å². The number of nitrogens with zero attached hydrogens (tertiary/aromatic N) is 2. The van der Waals surface area contributed by atoms with E-state index in [1.807, 2.05) is 30.3 Å². The fourth-order valence-electron chi connectivity index (χ4n) is 2.71. The van der Waals surface area contributed by atoms with Crippen LogP contribution >= 0.6 is 0 Å². The summed E-state index contributed by atoms with van der Waals surface area (Å²) in [6.07, 6.45) is 1.72. The Bertz CT molecular complexity index is 1010. The summed E-state index contributed by atoms with van der Waals surface area (Å²) in [5.74, 6) is -0.546. The number of nitro groups is 1. The lowest BCUT2D eigenvalue weighted by molar-refractivity contribution is -0.384. The third-order valence-electron chi connectivity index (χ3n) is 4.14. The largest absolute Gasteiger partial charge is 0.326 e. The molecule has 1 aromatic heterocycles. The van der Waals surface area contributed by atoms with Crippen molar-refractivity contribution < 1.29 is 14.5 Å². The highest BCUT2D eigenvalue weighted by molar-refractivity contribution is 5.97. The molecule has 132 valence electrons. The lowest BCUT2D eigenvalue weighted by atomic mass is 10.1. The molecule has 0 bridgehead atoms. The average Bonchev–Trinajstić information content (AvgIpc) is 3.05. The lowest BCUT2D eigenvalue weighted by Gasteiger charge is -2.08. The van der Waals surface area contributed by atoms with Crippen LogP contribution in [0, 0.1) is 17.0 Å². The number of aryl methyl sites for hydroxylation is 1. The number of carbonyl (C=O) groups is 2. The highest BCUT2D eigenvalue weighted by Crippen LogP contribution is 2.22. The number of fused-ring (bicyclic) bond motifs is 1. The lowest BCUT2D eigenvalue weighted by Crippen LogP contribution is -2.16. The minimum absolute atomic E-state index is 0.00648. The van der Waals surface area contributed by atoms with Crippen molar-refractivity contribution >= 4 is 34.1 Å². The highest BCUT2D eigenvalue weighted by Gasteiger charge is 2.14. The molecule has 0 spiro atoms. The zero-order valence-corrected chi connectivity index (χ0v) is 14.1. The van der Waals surface area contributed by atoms with Gasteiger partial charge in [0.1, 0.15) is 0 Å². The van der Waals surface area contributed by atoms with E-state index in [-0.39, 0.29) is 30.3 Å². The van der Waals surface area contributed by atoms with Gasteiger partial charge in [-0.1, -0.05) is 24.3 Å². The van der Waals surface area contributed by atoms with Crippen molar-refractivity contribution in [3.8, 4) is 0 Å². The van der Waals surface area contributed by atoms with E-state index in [0.29, 0.717) is 11.3 Å². The van der Waals surface area contributed by atoms with Gasteiger partial charge in [-0.25, -0.2) is 0 Å². The molecule has 2 aromatic carbocycles. The molecular weight excluding hydrogens is 334 g/mol. The van der Waals surface area contributed by atoms with E-state index in [4.69, 9.17) is 0 Å². The predicted molar refractivity (Wildman–Crippen MR) is 98.3 cm³/mol. The molecule has 0 aliphatic heterocycles. The van der Waals surface area contributed by atoms with Crippen LogP contribution in [0.3, 0.4) is 0 Å². The van der Waals surface area contributed by atoms with Crippen molar-refractivity contribution in [2.45, 2.75) is 19.8 Å². The first-order valence-electron chi connectivity index (χ1n) is 8.10. The van der Waals surface area contributed by atoms with Gasteiger partial charge >= 0.3 is 0 Å². The van der Waals surface area contributed by atoms with E-state index in [1.165, 1.54) is 16.7 Å². The number of rotatable bonds is 5. The number of nitro benzene ring substituents is 1. The monoisotopic (exact) mass is 351 g/mol. The molecule has 1 heterocycles. The first kappa shape index (κ1) is 17.3. The van der Waals surface area contributed by atoms with E-state index in [9.17, 15) is 19.7 Å². The fraction of sp³-hybridized carbons (Fsp3) is 0.158. The van der Waals surface area contributed by atoms with Gasteiger partial charge in [0.05, 0.1) is 16.1 Å². The van der Waals surface area contributed by atoms with Gasteiger partial charge in [0.25, 0.3) is 5.69 Å². The van der Waals surface area contributed by atoms with Crippen LogP contribution in [0.4, 0.5) is 11.4 Å². The Labute approximate surface area is 149 Å². The van der Waals surface area contributed by atoms with Crippen molar-refractivity contribution in [1.82, 2.24) is 4.57 Å². The number of aromatic nitrogens is 1. The summed E-state index contributed by atoms with van der Waals surface area (Å²) in [4.78, 5) is 34.9. The average molecular weight is 351 g/mol. The standard InChI is InChI=1S/C19H17N3O4/c1-13-6-7-15(22(25)26)12-16(13)20-18(23)8-9-19(24)21-11-10-14-4-2-3-5-17(14)21/h2-7,10-12H,8-9H2,1H3,(H,20,23). The van der Waals surface area contributed by atoms with Crippen molar-refractivity contribution in [2.75, 3.05) is 5.32 Å². The van der Waals surface area contributed by atoms with E-state index in [2.05, 4.69) is 5.32 Å². The van der Waals surface area contributed by atoms with Crippen LogP contribution in [-0.2, 0) is 4.79 Å². The van der Waals surface area contributed by atoms with Gasteiger partial charge in [-0.15, -0.1) is 0 Å². The second-order valence-corrected chi connectivity index (χ2v) is 5.94.